The molecule has 19 heavy (non-hydrogen) atoms. The van der Waals surface area contributed by atoms with Crippen molar-refractivity contribution in [2.24, 2.45) is 5.16 Å². The Kier molecular flexibility index (Phi) is 5.19. The molecule has 0 bridgehead atoms. The van der Waals surface area contributed by atoms with Crippen LogP contribution in [0.3, 0.4) is 0 Å². The summed E-state index contributed by atoms with van der Waals surface area (Å²) in [5.41, 5.74) is 2.23. The quantitative estimate of drug-likeness (QED) is 0.850. The summed E-state index contributed by atoms with van der Waals surface area (Å²) in [6.45, 7) is 4.61. The van der Waals surface area contributed by atoms with Crippen LogP contribution in [0.2, 0.25) is 0 Å². The summed E-state index contributed by atoms with van der Waals surface area (Å²) in [4.78, 5) is 7.91. The molecule has 1 aromatic carbocycles. The second kappa shape index (κ2) is 6.89. The number of hydrogen-bond acceptors (Lipinski definition) is 4. The van der Waals surface area contributed by atoms with E-state index in [2.05, 4.69) is 22.2 Å². The minimum Gasteiger partial charge on any atom is -0.390 e. The van der Waals surface area contributed by atoms with E-state index in [9.17, 15) is 0 Å². The van der Waals surface area contributed by atoms with Gasteiger partial charge in [0.2, 0.25) is 0 Å². The average molecular weight is 283 g/mol. The Morgan fingerprint density at radius 2 is 1.89 bits per heavy atom. The zero-order chi connectivity index (χ0) is 12.2. The van der Waals surface area contributed by atoms with Crippen LogP contribution in [-0.2, 0) is 9.57 Å². The van der Waals surface area contributed by atoms with Crippen molar-refractivity contribution >= 4 is 18.1 Å². The highest BCUT2D eigenvalue weighted by atomic mass is 35.5. The van der Waals surface area contributed by atoms with Gasteiger partial charge in [-0.15, -0.1) is 12.4 Å². The second-order valence-corrected chi connectivity index (χ2v) is 4.75. The Morgan fingerprint density at radius 1 is 1.16 bits per heavy atom. The lowest BCUT2D eigenvalue weighted by Crippen LogP contribution is -2.41. The number of nitrogens with zero attached hydrogens (tertiary/aromatic N) is 2. The number of halogens is 1. The van der Waals surface area contributed by atoms with Gasteiger partial charge in [-0.05, 0) is 5.56 Å². The zero-order valence-corrected chi connectivity index (χ0v) is 11.6. The van der Waals surface area contributed by atoms with E-state index in [-0.39, 0.29) is 18.5 Å². The number of benzene rings is 1. The van der Waals surface area contributed by atoms with Gasteiger partial charge in [0.15, 0.2) is 0 Å². The highest BCUT2D eigenvalue weighted by Crippen LogP contribution is 2.17. The number of oxime groups is 1. The molecule has 0 saturated carbocycles. The molecule has 1 unspecified atom stereocenters. The van der Waals surface area contributed by atoms with Crippen LogP contribution in [0.15, 0.2) is 35.5 Å². The fourth-order valence-electron chi connectivity index (χ4n) is 2.40. The van der Waals surface area contributed by atoms with E-state index in [1.807, 2.05) is 18.2 Å². The molecule has 1 aromatic rings. The molecule has 4 nitrogen and oxygen atoms in total. The normalized spacial score (nSPS) is 23.4. The van der Waals surface area contributed by atoms with Crippen molar-refractivity contribution in [2.75, 3.05) is 32.8 Å². The van der Waals surface area contributed by atoms with E-state index in [0.29, 0.717) is 0 Å². The molecule has 0 amide bonds. The maximum Gasteiger partial charge on any atom is 0.145 e. The molecule has 0 spiro atoms. The molecule has 1 atom stereocenters. The zero-order valence-electron chi connectivity index (χ0n) is 10.8. The van der Waals surface area contributed by atoms with Crippen LogP contribution >= 0.6 is 12.4 Å². The first-order chi connectivity index (χ1) is 8.92. The van der Waals surface area contributed by atoms with E-state index >= 15 is 0 Å². The van der Waals surface area contributed by atoms with Gasteiger partial charge >= 0.3 is 0 Å². The molecule has 2 heterocycles. The molecule has 1 fully saturated rings. The topological polar surface area (TPSA) is 34.1 Å². The van der Waals surface area contributed by atoms with Crippen molar-refractivity contribution in [1.82, 2.24) is 4.90 Å². The van der Waals surface area contributed by atoms with Gasteiger partial charge in [-0.25, -0.2) is 0 Å². The summed E-state index contributed by atoms with van der Waals surface area (Å²) in [5.74, 6) is 0. The van der Waals surface area contributed by atoms with E-state index < -0.39 is 0 Å². The fraction of sp³-hybridized carbons (Fsp3) is 0.500. The summed E-state index contributed by atoms with van der Waals surface area (Å²) in [6, 6.07) is 10.3. The highest BCUT2D eigenvalue weighted by molar-refractivity contribution is 6.01. The van der Waals surface area contributed by atoms with Gasteiger partial charge in [0.25, 0.3) is 0 Å². The monoisotopic (exact) mass is 282 g/mol. The van der Waals surface area contributed by atoms with Crippen LogP contribution in [0.5, 0.6) is 0 Å². The Labute approximate surface area is 119 Å². The molecule has 0 N–H and O–H groups in total. The van der Waals surface area contributed by atoms with E-state index in [4.69, 9.17) is 9.57 Å². The molecule has 2 aliphatic rings. The van der Waals surface area contributed by atoms with E-state index in [0.717, 1.165) is 45.0 Å². The predicted molar refractivity (Wildman–Crippen MR) is 77.0 cm³/mol. The molecule has 2 aliphatic heterocycles. The maximum atomic E-state index is 5.53. The minimum absolute atomic E-state index is 0. The van der Waals surface area contributed by atoms with Crippen molar-refractivity contribution in [3.63, 3.8) is 0 Å². The molecule has 0 radical (unpaired) electrons. The van der Waals surface area contributed by atoms with Crippen molar-refractivity contribution in [3.8, 4) is 0 Å². The van der Waals surface area contributed by atoms with Crippen LogP contribution in [0, 0.1) is 0 Å². The molecule has 104 valence electrons. The lowest BCUT2D eigenvalue weighted by atomic mass is 10.0. The molecular formula is C14H19ClN2O2. The van der Waals surface area contributed by atoms with Gasteiger partial charge in [-0.3, -0.25) is 4.90 Å². The van der Waals surface area contributed by atoms with Crippen LogP contribution in [0.4, 0.5) is 0 Å². The Hall–Kier alpha value is -1.10. The maximum absolute atomic E-state index is 5.53. The SMILES string of the molecule is Cl.c1ccc(C2=NOC(CN3CCOCC3)C2)cc1. The Balaban J connectivity index is 0.00000133. The predicted octanol–water partition coefficient (Wildman–Crippen LogP) is 1.93. The third kappa shape index (κ3) is 3.69. The van der Waals surface area contributed by atoms with Gasteiger partial charge in [-0.1, -0.05) is 35.5 Å². The number of hydrogen-bond donors (Lipinski definition) is 0. The van der Waals surface area contributed by atoms with Gasteiger partial charge < -0.3 is 9.57 Å². The third-order valence-electron chi connectivity index (χ3n) is 3.41. The first kappa shape index (κ1) is 14.3. The second-order valence-electron chi connectivity index (χ2n) is 4.75. The number of rotatable bonds is 3. The molecule has 5 heteroatoms. The first-order valence-corrected chi connectivity index (χ1v) is 6.50. The van der Waals surface area contributed by atoms with E-state index in [1.54, 1.807) is 0 Å². The number of ether oxygens (including phenoxy) is 1. The molecule has 1 saturated heterocycles. The summed E-state index contributed by atoms with van der Waals surface area (Å²) in [7, 11) is 0. The smallest absolute Gasteiger partial charge is 0.145 e. The fourth-order valence-corrected chi connectivity index (χ4v) is 2.40. The van der Waals surface area contributed by atoms with Gasteiger partial charge in [-0.2, -0.15) is 0 Å². The third-order valence-corrected chi connectivity index (χ3v) is 3.41. The van der Waals surface area contributed by atoms with Crippen molar-refractivity contribution in [2.45, 2.75) is 12.5 Å². The van der Waals surface area contributed by atoms with Crippen LogP contribution in [0.25, 0.3) is 0 Å². The van der Waals surface area contributed by atoms with Crippen LogP contribution in [-0.4, -0.2) is 49.6 Å². The molecule has 3 rings (SSSR count). The Bertz CT molecular complexity index is 419. The first-order valence-electron chi connectivity index (χ1n) is 6.50. The minimum atomic E-state index is 0. The largest absolute Gasteiger partial charge is 0.390 e. The summed E-state index contributed by atoms with van der Waals surface area (Å²) in [6.07, 6.45) is 1.10. The lowest BCUT2D eigenvalue weighted by molar-refractivity contribution is -0.0000387. The van der Waals surface area contributed by atoms with Crippen LogP contribution < -0.4 is 0 Å². The molecule has 0 aromatic heterocycles. The molecular weight excluding hydrogens is 264 g/mol. The van der Waals surface area contributed by atoms with Gasteiger partial charge in [0.1, 0.15) is 6.10 Å². The van der Waals surface area contributed by atoms with E-state index in [1.165, 1.54) is 5.56 Å². The Morgan fingerprint density at radius 3 is 2.63 bits per heavy atom. The number of morpholine rings is 1. The average Bonchev–Trinajstić information content (AvgIpc) is 2.89. The highest BCUT2D eigenvalue weighted by Gasteiger charge is 2.25. The van der Waals surface area contributed by atoms with Gasteiger partial charge in [0.05, 0.1) is 18.9 Å². The summed E-state index contributed by atoms with van der Waals surface area (Å²) in [5, 5.41) is 4.21. The van der Waals surface area contributed by atoms with Crippen molar-refractivity contribution < 1.29 is 9.57 Å². The lowest BCUT2D eigenvalue weighted by Gasteiger charge is -2.27. The van der Waals surface area contributed by atoms with Crippen LogP contribution in [0.1, 0.15) is 12.0 Å². The van der Waals surface area contributed by atoms with Crippen molar-refractivity contribution in [3.05, 3.63) is 35.9 Å². The van der Waals surface area contributed by atoms with Crippen molar-refractivity contribution in [1.29, 1.82) is 0 Å². The van der Waals surface area contributed by atoms with Gasteiger partial charge in [0, 0.05) is 26.1 Å². The molecule has 0 aliphatic carbocycles. The summed E-state index contributed by atoms with van der Waals surface area (Å²) >= 11 is 0. The summed E-state index contributed by atoms with van der Waals surface area (Å²) < 4.78 is 5.34. The standard InChI is InChI=1S/C14H18N2O2.ClH/c1-2-4-12(5-3-1)14-10-13(18-15-14)11-16-6-8-17-9-7-16;/h1-5,13H,6-11H2;1H.